The highest BCUT2D eigenvalue weighted by molar-refractivity contribution is 6.31. The molecule has 1 atom stereocenters. The predicted molar refractivity (Wildman–Crippen MR) is 67.3 cm³/mol. The summed E-state index contributed by atoms with van der Waals surface area (Å²) in [6.45, 7) is 4.72. The van der Waals surface area contributed by atoms with E-state index in [1.165, 1.54) is 6.20 Å². The van der Waals surface area contributed by atoms with Crippen molar-refractivity contribution in [2.24, 2.45) is 0 Å². The van der Waals surface area contributed by atoms with Gasteiger partial charge in [0.05, 0.1) is 22.6 Å². The second-order valence-corrected chi connectivity index (χ2v) is 4.37. The van der Waals surface area contributed by atoms with Gasteiger partial charge in [0, 0.05) is 13.0 Å². The van der Waals surface area contributed by atoms with Crippen molar-refractivity contribution in [3.63, 3.8) is 0 Å². The average molecular weight is 270 g/mol. The third-order valence-corrected chi connectivity index (χ3v) is 3.29. The van der Waals surface area contributed by atoms with Crippen LogP contribution in [0.25, 0.3) is 0 Å². The Hall–Kier alpha value is -1.40. The van der Waals surface area contributed by atoms with E-state index >= 15 is 0 Å². The molecule has 0 radical (unpaired) electrons. The smallest absolute Gasteiger partial charge is 0.111 e. The Morgan fingerprint density at radius 3 is 2.83 bits per heavy atom. The molecule has 0 saturated carbocycles. The fourth-order valence-electron chi connectivity index (χ4n) is 1.87. The molecule has 2 rings (SSSR count). The van der Waals surface area contributed by atoms with Gasteiger partial charge in [-0.2, -0.15) is 20.5 Å². The van der Waals surface area contributed by atoms with Gasteiger partial charge in [0.15, 0.2) is 0 Å². The molecule has 0 saturated heterocycles. The number of rotatable bonds is 5. The molecule has 0 amide bonds. The summed E-state index contributed by atoms with van der Waals surface area (Å²) >= 11 is 6.28. The number of hydrogen-bond acceptors (Lipinski definition) is 4. The highest BCUT2D eigenvalue weighted by Crippen LogP contribution is 2.26. The fourth-order valence-corrected chi connectivity index (χ4v) is 2.22. The molecular weight excluding hydrogens is 254 g/mol. The van der Waals surface area contributed by atoms with Crippen LogP contribution in [0.1, 0.15) is 37.0 Å². The standard InChI is InChI=1S/C11H16ClN5O/c1-3-7-11(12)9(17(4-2)15-7)5-10(18)8-6-13-16-14-8/h6,10,18H,3-5H2,1-2H3,(H,13,14,16). The first kappa shape index (κ1) is 13.0. The lowest BCUT2D eigenvalue weighted by Crippen LogP contribution is -2.09. The molecule has 6 nitrogen and oxygen atoms in total. The summed E-state index contributed by atoms with van der Waals surface area (Å²) in [7, 11) is 0. The molecule has 0 aliphatic carbocycles. The minimum absolute atomic E-state index is 0.381. The van der Waals surface area contributed by atoms with Crippen molar-refractivity contribution in [1.82, 2.24) is 25.2 Å². The maximum absolute atomic E-state index is 10.1. The second kappa shape index (κ2) is 5.49. The number of nitrogens with zero attached hydrogens (tertiary/aromatic N) is 4. The summed E-state index contributed by atoms with van der Waals surface area (Å²) < 4.78 is 1.82. The SMILES string of the molecule is CCc1nn(CC)c(CC(O)c2cn[nH]n2)c1Cl. The van der Waals surface area contributed by atoms with Crippen LogP contribution >= 0.6 is 11.6 Å². The number of aliphatic hydroxyl groups is 1. The van der Waals surface area contributed by atoms with Crippen molar-refractivity contribution in [2.75, 3.05) is 0 Å². The van der Waals surface area contributed by atoms with Gasteiger partial charge in [-0.05, 0) is 13.3 Å². The van der Waals surface area contributed by atoms with E-state index < -0.39 is 6.10 Å². The molecule has 98 valence electrons. The van der Waals surface area contributed by atoms with Crippen LogP contribution in [0.15, 0.2) is 6.20 Å². The molecule has 7 heteroatoms. The third kappa shape index (κ3) is 2.39. The van der Waals surface area contributed by atoms with Gasteiger partial charge in [-0.1, -0.05) is 18.5 Å². The highest BCUT2D eigenvalue weighted by Gasteiger charge is 2.19. The zero-order valence-electron chi connectivity index (χ0n) is 10.4. The number of H-pyrrole nitrogens is 1. The summed E-state index contributed by atoms with van der Waals surface area (Å²) in [5.74, 6) is 0. The molecular formula is C11H16ClN5O. The van der Waals surface area contributed by atoms with Gasteiger partial charge in [0.25, 0.3) is 0 Å². The number of aryl methyl sites for hydroxylation is 2. The van der Waals surface area contributed by atoms with E-state index in [2.05, 4.69) is 20.5 Å². The molecule has 18 heavy (non-hydrogen) atoms. The maximum atomic E-state index is 10.1. The van der Waals surface area contributed by atoms with E-state index in [1.807, 2.05) is 18.5 Å². The van der Waals surface area contributed by atoms with Crippen LogP contribution in [-0.2, 0) is 19.4 Å². The Morgan fingerprint density at radius 1 is 1.50 bits per heavy atom. The Bertz CT molecular complexity index is 508. The molecule has 2 heterocycles. The molecule has 0 bridgehead atoms. The first-order valence-corrected chi connectivity index (χ1v) is 6.32. The summed E-state index contributed by atoms with van der Waals surface area (Å²) in [5.41, 5.74) is 2.21. The Kier molecular flexibility index (Phi) is 3.98. The van der Waals surface area contributed by atoms with Gasteiger partial charge in [-0.25, -0.2) is 0 Å². The minimum Gasteiger partial charge on any atom is -0.386 e. The van der Waals surface area contributed by atoms with Crippen LogP contribution in [0, 0.1) is 0 Å². The molecule has 0 aliphatic rings. The maximum Gasteiger partial charge on any atom is 0.111 e. The van der Waals surface area contributed by atoms with Crippen molar-refractivity contribution in [2.45, 2.75) is 39.3 Å². The van der Waals surface area contributed by atoms with Gasteiger partial charge in [0.2, 0.25) is 0 Å². The topological polar surface area (TPSA) is 79.6 Å². The number of nitrogens with one attached hydrogen (secondary N) is 1. The number of halogens is 1. The lowest BCUT2D eigenvalue weighted by atomic mass is 10.1. The second-order valence-electron chi connectivity index (χ2n) is 3.99. The largest absolute Gasteiger partial charge is 0.386 e. The first-order chi connectivity index (χ1) is 8.67. The minimum atomic E-state index is -0.729. The summed E-state index contributed by atoms with van der Waals surface area (Å²) in [5, 5.41) is 25.1. The Balaban J connectivity index is 2.25. The summed E-state index contributed by atoms with van der Waals surface area (Å²) in [6.07, 6.45) is 1.93. The third-order valence-electron chi connectivity index (χ3n) is 2.86. The van der Waals surface area contributed by atoms with Crippen LogP contribution in [0.3, 0.4) is 0 Å². The van der Waals surface area contributed by atoms with Gasteiger partial charge in [0.1, 0.15) is 11.8 Å². The molecule has 0 fully saturated rings. The predicted octanol–water partition coefficient (Wildman–Crippen LogP) is 1.51. The number of aromatic amines is 1. The van der Waals surface area contributed by atoms with Crippen molar-refractivity contribution < 1.29 is 5.11 Å². The summed E-state index contributed by atoms with van der Waals surface area (Å²) in [4.78, 5) is 0. The quantitative estimate of drug-likeness (QED) is 0.862. The van der Waals surface area contributed by atoms with E-state index in [1.54, 1.807) is 0 Å². The van der Waals surface area contributed by atoms with Crippen molar-refractivity contribution >= 4 is 11.6 Å². The zero-order valence-corrected chi connectivity index (χ0v) is 11.1. The molecule has 2 aromatic heterocycles. The number of hydrogen-bond donors (Lipinski definition) is 2. The average Bonchev–Trinajstić information content (AvgIpc) is 2.99. The first-order valence-electron chi connectivity index (χ1n) is 5.95. The Labute approximate surface area is 110 Å². The van der Waals surface area contributed by atoms with Gasteiger partial charge < -0.3 is 5.11 Å². The molecule has 0 spiro atoms. The molecule has 0 aromatic carbocycles. The monoisotopic (exact) mass is 269 g/mol. The van der Waals surface area contributed by atoms with Crippen molar-refractivity contribution in [1.29, 1.82) is 0 Å². The lowest BCUT2D eigenvalue weighted by Gasteiger charge is -2.09. The number of aliphatic hydroxyl groups excluding tert-OH is 1. The fraction of sp³-hybridized carbons (Fsp3) is 0.545. The molecule has 0 aliphatic heterocycles. The van der Waals surface area contributed by atoms with Crippen LogP contribution in [0.4, 0.5) is 0 Å². The van der Waals surface area contributed by atoms with Crippen LogP contribution in [0.2, 0.25) is 5.02 Å². The van der Waals surface area contributed by atoms with Crippen LogP contribution in [0.5, 0.6) is 0 Å². The van der Waals surface area contributed by atoms with E-state index in [9.17, 15) is 5.11 Å². The van der Waals surface area contributed by atoms with E-state index in [4.69, 9.17) is 11.6 Å². The number of aromatic nitrogens is 5. The van der Waals surface area contributed by atoms with Gasteiger partial charge >= 0.3 is 0 Å². The van der Waals surface area contributed by atoms with Gasteiger partial charge in [-0.15, -0.1) is 0 Å². The van der Waals surface area contributed by atoms with E-state index in [0.29, 0.717) is 17.1 Å². The van der Waals surface area contributed by atoms with Gasteiger partial charge in [-0.3, -0.25) is 4.68 Å². The van der Waals surface area contributed by atoms with Crippen LogP contribution < -0.4 is 0 Å². The van der Waals surface area contributed by atoms with Crippen LogP contribution in [-0.4, -0.2) is 30.3 Å². The van der Waals surface area contributed by atoms with Crippen molar-refractivity contribution in [3.8, 4) is 0 Å². The molecule has 2 aromatic rings. The zero-order chi connectivity index (χ0) is 13.1. The normalized spacial score (nSPS) is 12.9. The molecule has 2 N–H and O–H groups in total. The van der Waals surface area contributed by atoms with Crippen molar-refractivity contribution in [3.05, 3.63) is 28.3 Å². The lowest BCUT2D eigenvalue weighted by molar-refractivity contribution is 0.170. The Morgan fingerprint density at radius 2 is 2.28 bits per heavy atom. The summed E-state index contributed by atoms with van der Waals surface area (Å²) in [6, 6.07) is 0. The van der Waals surface area contributed by atoms with E-state index in [-0.39, 0.29) is 0 Å². The molecule has 1 unspecified atom stereocenters. The highest BCUT2D eigenvalue weighted by atomic mass is 35.5. The van der Waals surface area contributed by atoms with E-state index in [0.717, 1.165) is 24.4 Å².